The van der Waals surface area contributed by atoms with Gasteiger partial charge in [0.25, 0.3) is 5.91 Å². The van der Waals surface area contributed by atoms with E-state index in [1.807, 2.05) is 18.2 Å². The van der Waals surface area contributed by atoms with Crippen LogP contribution in [0.15, 0.2) is 60.9 Å². The van der Waals surface area contributed by atoms with E-state index in [2.05, 4.69) is 10.3 Å². The largest absolute Gasteiger partial charge is 0.392 e. The number of fused-ring (bicyclic) bond motifs is 1. The molecular weight excluding hydrogens is 309 g/mol. The molecule has 0 saturated heterocycles. The summed E-state index contributed by atoms with van der Waals surface area (Å²) in [6.45, 7) is -0.583. The molecule has 0 bridgehead atoms. The number of hydrogen-bond acceptors (Lipinski definition) is 4. The molecule has 0 aliphatic rings. The van der Waals surface area contributed by atoms with Crippen LogP contribution in [0.1, 0.15) is 15.9 Å². The van der Waals surface area contributed by atoms with E-state index >= 15 is 0 Å². The van der Waals surface area contributed by atoms with Crippen LogP contribution in [0.3, 0.4) is 0 Å². The minimum absolute atomic E-state index is 0.270. The molecule has 0 aliphatic heterocycles. The SMILES string of the molecule is NC(CO)(NC(=O)c1cncc2ccccc12)c1cccc(F)c1. The molecule has 3 aromatic rings. The number of carbonyl (C=O) groups is 1. The number of pyridine rings is 1. The Morgan fingerprint density at radius 2 is 2.00 bits per heavy atom. The van der Waals surface area contributed by atoms with Crippen LogP contribution in [-0.2, 0) is 5.66 Å². The van der Waals surface area contributed by atoms with Gasteiger partial charge >= 0.3 is 0 Å². The highest BCUT2D eigenvalue weighted by Gasteiger charge is 2.30. The fourth-order valence-electron chi connectivity index (χ4n) is 2.54. The van der Waals surface area contributed by atoms with Crippen molar-refractivity contribution in [3.05, 3.63) is 77.9 Å². The normalized spacial score (nSPS) is 13.5. The molecule has 24 heavy (non-hydrogen) atoms. The summed E-state index contributed by atoms with van der Waals surface area (Å²) in [5, 5.41) is 13.8. The fourth-order valence-corrected chi connectivity index (χ4v) is 2.54. The third-order valence-electron chi connectivity index (χ3n) is 3.84. The van der Waals surface area contributed by atoms with Crippen LogP contribution in [0, 0.1) is 5.82 Å². The van der Waals surface area contributed by atoms with Crippen LogP contribution < -0.4 is 11.1 Å². The van der Waals surface area contributed by atoms with Crippen molar-refractivity contribution in [2.75, 3.05) is 6.61 Å². The van der Waals surface area contributed by atoms with Crippen LogP contribution in [-0.4, -0.2) is 22.6 Å². The maximum Gasteiger partial charge on any atom is 0.255 e. The quantitative estimate of drug-likeness (QED) is 0.639. The van der Waals surface area contributed by atoms with Gasteiger partial charge in [-0.1, -0.05) is 36.4 Å². The average molecular weight is 325 g/mol. The molecule has 122 valence electrons. The van der Waals surface area contributed by atoms with E-state index in [-0.39, 0.29) is 5.56 Å². The average Bonchev–Trinajstić information content (AvgIpc) is 2.61. The second-order valence-corrected chi connectivity index (χ2v) is 5.50. The Balaban J connectivity index is 1.97. The predicted molar refractivity (Wildman–Crippen MR) is 88.6 cm³/mol. The van der Waals surface area contributed by atoms with Crippen LogP contribution in [0.25, 0.3) is 10.8 Å². The minimum atomic E-state index is -1.60. The molecule has 1 atom stereocenters. The van der Waals surface area contributed by atoms with Crippen LogP contribution >= 0.6 is 0 Å². The number of aliphatic hydroxyl groups is 1. The van der Waals surface area contributed by atoms with Gasteiger partial charge in [-0.05, 0) is 23.1 Å². The van der Waals surface area contributed by atoms with Gasteiger partial charge in [0.05, 0.1) is 12.2 Å². The molecule has 4 N–H and O–H groups in total. The summed E-state index contributed by atoms with van der Waals surface area (Å²) in [5.74, 6) is -1.00. The van der Waals surface area contributed by atoms with Gasteiger partial charge in [-0.2, -0.15) is 0 Å². The molecule has 1 aromatic heterocycles. The molecular formula is C18H16FN3O2. The van der Waals surface area contributed by atoms with Gasteiger partial charge in [0.15, 0.2) is 0 Å². The summed E-state index contributed by atoms with van der Waals surface area (Å²) < 4.78 is 13.4. The smallest absolute Gasteiger partial charge is 0.255 e. The molecule has 1 amide bonds. The van der Waals surface area contributed by atoms with Crippen molar-refractivity contribution in [1.82, 2.24) is 10.3 Å². The summed E-state index contributed by atoms with van der Waals surface area (Å²) in [6, 6.07) is 12.7. The van der Waals surface area contributed by atoms with Crippen molar-refractivity contribution >= 4 is 16.7 Å². The highest BCUT2D eigenvalue weighted by Crippen LogP contribution is 2.20. The highest BCUT2D eigenvalue weighted by molar-refractivity contribution is 6.06. The van der Waals surface area contributed by atoms with Crippen molar-refractivity contribution in [2.45, 2.75) is 5.66 Å². The summed E-state index contributed by atoms with van der Waals surface area (Å²) in [6.07, 6.45) is 3.08. The van der Waals surface area contributed by atoms with E-state index in [9.17, 15) is 14.3 Å². The van der Waals surface area contributed by atoms with Crippen LogP contribution in [0.5, 0.6) is 0 Å². The second-order valence-electron chi connectivity index (χ2n) is 5.50. The van der Waals surface area contributed by atoms with Crippen LogP contribution in [0.4, 0.5) is 4.39 Å². The van der Waals surface area contributed by atoms with E-state index in [0.717, 1.165) is 5.39 Å². The van der Waals surface area contributed by atoms with E-state index < -0.39 is 24.0 Å². The molecule has 3 rings (SSSR count). The van der Waals surface area contributed by atoms with Crippen molar-refractivity contribution in [1.29, 1.82) is 0 Å². The number of carbonyl (C=O) groups excluding carboxylic acids is 1. The number of amides is 1. The molecule has 1 unspecified atom stereocenters. The van der Waals surface area contributed by atoms with Gasteiger partial charge < -0.3 is 16.2 Å². The molecule has 1 heterocycles. The van der Waals surface area contributed by atoms with Crippen molar-refractivity contribution in [3.63, 3.8) is 0 Å². The topological polar surface area (TPSA) is 88.2 Å². The van der Waals surface area contributed by atoms with E-state index in [4.69, 9.17) is 5.73 Å². The van der Waals surface area contributed by atoms with Gasteiger partial charge in [-0.3, -0.25) is 9.78 Å². The number of nitrogens with one attached hydrogen (secondary N) is 1. The maximum absolute atomic E-state index is 13.4. The molecule has 0 fully saturated rings. The fraction of sp³-hybridized carbons (Fsp3) is 0.111. The van der Waals surface area contributed by atoms with Crippen molar-refractivity contribution < 1.29 is 14.3 Å². The Morgan fingerprint density at radius 1 is 1.21 bits per heavy atom. The Hall–Kier alpha value is -2.83. The number of nitrogens with two attached hydrogens (primary N) is 1. The lowest BCUT2D eigenvalue weighted by Gasteiger charge is -2.29. The molecule has 0 aliphatic carbocycles. The summed E-state index contributed by atoms with van der Waals surface area (Å²) in [5.41, 5.74) is 5.10. The van der Waals surface area contributed by atoms with Crippen molar-refractivity contribution in [2.24, 2.45) is 5.73 Å². The minimum Gasteiger partial charge on any atom is -0.392 e. The third-order valence-corrected chi connectivity index (χ3v) is 3.84. The maximum atomic E-state index is 13.4. The number of nitrogens with zero attached hydrogens (tertiary/aromatic N) is 1. The zero-order valence-electron chi connectivity index (χ0n) is 12.7. The number of halogens is 1. The first-order chi connectivity index (χ1) is 11.5. The van der Waals surface area contributed by atoms with Crippen molar-refractivity contribution in [3.8, 4) is 0 Å². The highest BCUT2D eigenvalue weighted by atomic mass is 19.1. The van der Waals surface area contributed by atoms with Gasteiger partial charge in [0, 0.05) is 17.8 Å². The van der Waals surface area contributed by atoms with Gasteiger partial charge in [-0.25, -0.2) is 4.39 Å². The zero-order chi connectivity index (χ0) is 17.2. The lowest BCUT2D eigenvalue weighted by atomic mass is 9.99. The Bertz CT molecular complexity index is 895. The zero-order valence-corrected chi connectivity index (χ0v) is 12.7. The molecule has 2 aromatic carbocycles. The molecule has 5 nitrogen and oxygen atoms in total. The number of rotatable bonds is 4. The number of aromatic nitrogens is 1. The molecule has 0 radical (unpaired) electrons. The van der Waals surface area contributed by atoms with Gasteiger partial charge in [-0.15, -0.1) is 0 Å². The number of aliphatic hydroxyl groups excluding tert-OH is 1. The first-order valence-corrected chi connectivity index (χ1v) is 7.34. The second kappa shape index (κ2) is 6.35. The van der Waals surface area contributed by atoms with E-state index in [0.29, 0.717) is 10.9 Å². The summed E-state index contributed by atoms with van der Waals surface area (Å²) in [7, 11) is 0. The molecule has 0 spiro atoms. The number of benzene rings is 2. The van der Waals surface area contributed by atoms with E-state index in [1.165, 1.54) is 24.4 Å². The monoisotopic (exact) mass is 325 g/mol. The lowest BCUT2D eigenvalue weighted by Crippen LogP contribution is -2.55. The predicted octanol–water partition coefficient (Wildman–Crippen LogP) is 1.91. The van der Waals surface area contributed by atoms with Gasteiger partial charge in [0.1, 0.15) is 11.5 Å². The Labute approximate surface area is 137 Å². The Kier molecular flexibility index (Phi) is 4.24. The first kappa shape index (κ1) is 16.0. The number of hydrogen-bond donors (Lipinski definition) is 3. The van der Waals surface area contributed by atoms with Gasteiger partial charge in [0.2, 0.25) is 0 Å². The van der Waals surface area contributed by atoms with Crippen LogP contribution in [0.2, 0.25) is 0 Å². The molecule has 6 heteroatoms. The summed E-state index contributed by atoms with van der Waals surface area (Å²) >= 11 is 0. The molecule has 0 saturated carbocycles. The standard InChI is InChI=1S/C18H16FN3O2/c19-14-6-3-5-13(8-14)18(20,11-23)22-17(24)16-10-21-9-12-4-1-2-7-15(12)16/h1-10,23H,11,20H2,(H,22,24). The lowest BCUT2D eigenvalue weighted by molar-refractivity contribution is 0.0836. The third kappa shape index (κ3) is 2.97. The summed E-state index contributed by atoms with van der Waals surface area (Å²) in [4.78, 5) is 16.7. The first-order valence-electron chi connectivity index (χ1n) is 7.34. The Morgan fingerprint density at radius 3 is 2.75 bits per heavy atom. The van der Waals surface area contributed by atoms with E-state index in [1.54, 1.807) is 18.3 Å².